The number of hydrogen-bond donors (Lipinski definition) is 0. The minimum atomic E-state index is -3.47. The van der Waals surface area contributed by atoms with E-state index >= 15 is 0 Å². The Bertz CT molecular complexity index is 606. The highest BCUT2D eigenvalue weighted by molar-refractivity contribution is 7.90. The van der Waals surface area contributed by atoms with Gasteiger partial charge >= 0.3 is 10.0 Å². The van der Waals surface area contributed by atoms with Gasteiger partial charge in [0.25, 0.3) is 6.34 Å². The first kappa shape index (κ1) is 15.0. The Hall–Kier alpha value is -1.36. The van der Waals surface area contributed by atoms with Crippen LogP contribution < -0.4 is 0 Å². The molecule has 2 rings (SSSR count). The molecular weight excluding hydrogens is 272 g/mol. The zero-order valence-corrected chi connectivity index (χ0v) is 13.6. The standard InChI is InChI=1S/C15H23N2O2S/c1-14(2)15(3,4)17(12-16(14)5)20(18,19)13-10-8-6-7-9-11-13/h6-13H,1-5H3/q+1. The molecule has 0 aromatic heterocycles. The number of rotatable bonds is 2. The van der Waals surface area contributed by atoms with Gasteiger partial charge in [-0.2, -0.15) is 8.42 Å². The lowest BCUT2D eigenvalue weighted by molar-refractivity contribution is -0.570. The quantitative estimate of drug-likeness (QED) is 0.730. The Morgan fingerprint density at radius 2 is 1.50 bits per heavy atom. The van der Waals surface area contributed by atoms with Crippen molar-refractivity contribution in [1.29, 1.82) is 0 Å². The molecule has 0 aromatic rings. The van der Waals surface area contributed by atoms with Gasteiger partial charge in [-0.3, -0.25) is 4.58 Å². The third-order valence-electron chi connectivity index (χ3n) is 4.76. The minimum absolute atomic E-state index is 0.267. The molecule has 0 spiro atoms. The monoisotopic (exact) mass is 295 g/mol. The van der Waals surface area contributed by atoms with E-state index in [2.05, 4.69) is 13.8 Å². The van der Waals surface area contributed by atoms with Crippen LogP contribution in [0.4, 0.5) is 0 Å². The summed E-state index contributed by atoms with van der Waals surface area (Å²) in [4.78, 5) is 0. The van der Waals surface area contributed by atoms with E-state index in [4.69, 9.17) is 0 Å². The molecule has 0 fully saturated rings. The number of likely N-dealkylation sites (N-methyl/N-ethyl adjacent to an activating group) is 1. The SMILES string of the molecule is C[N+]1=CN(S(=O)(=O)C2C=CC=CC=C2)C(C)(C)C1(C)C. The van der Waals surface area contributed by atoms with Crippen molar-refractivity contribution in [1.82, 2.24) is 4.31 Å². The highest BCUT2D eigenvalue weighted by Gasteiger charge is 2.59. The van der Waals surface area contributed by atoms with Crippen LogP contribution in [0.25, 0.3) is 0 Å². The average Bonchev–Trinajstić information content (AvgIpc) is 2.60. The van der Waals surface area contributed by atoms with Gasteiger partial charge in [-0.05, 0) is 27.7 Å². The predicted molar refractivity (Wildman–Crippen MR) is 82.4 cm³/mol. The first-order valence-electron chi connectivity index (χ1n) is 6.75. The van der Waals surface area contributed by atoms with E-state index in [1.54, 1.807) is 30.6 Å². The molecule has 0 radical (unpaired) electrons. The zero-order chi connectivity index (χ0) is 15.2. The minimum Gasteiger partial charge on any atom is -0.261 e. The second-order valence-electron chi connectivity index (χ2n) is 6.30. The molecule has 0 bridgehead atoms. The first-order valence-corrected chi connectivity index (χ1v) is 8.25. The van der Waals surface area contributed by atoms with Crippen LogP contribution >= 0.6 is 0 Å². The Balaban J connectivity index is 2.46. The summed E-state index contributed by atoms with van der Waals surface area (Å²) < 4.78 is 29.3. The molecular formula is C15H23N2O2S+. The normalized spacial score (nSPS) is 24.9. The van der Waals surface area contributed by atoms with Crippen molar-refractivity contribution in [2.24, 2.45) is 0 Å². The van der Waals surface area contributed by atoms with E-state index in [0.29, 0.717) is 0 Å². The maximum absolute atomic E-state index is 12.9. The van der Waals surface area contributed by atoms with Crippen LogP contribution in [0.3, 0.4) is 0 Å². The van der Waals surface area contributed by atoms with Crippen LogP contribution in [0.5, 0.6) is 0 Å². The number of allylic oxidation sites excluding steroid dienone is 4. The molecule has 5 heteroatoms. The smallest absolute Gasteiger partial charge is 0.261 e. The van der Waals surface area contributed by atoms with Crippen LogP contribution in [-0.2, 0) is 10.0 Å². The molecule has 0 saturated carbocycles. The molecule has 110 valence electrons. The van der Waals surface area contributed by atoms with Gasteiger partial charge in [0.05, 0.1) is 7.05 Å². The summed E-state index contributed by atoms with van der Waals surface area (Å²) in [5.74, 6) is 0. The van der Waals surface area contributed by atoms with Gasteiger partial charge in [0.2, 0.25) is 0 Å². The van der Waals surface area contributed by atoms with Gasteiger partial charge < -0.3 is 0 Å². The summed E-state index contributed by atoms with van der Waals surface area (Å²) >= 11 is 0. The summed E-state index contributed by atoms with van der Waals surface area (Å²) in [5.41, 5.74) is -0.779. The van der Waals surface area contributed by atoms with E-state index in [0.717, 1.165) is 0 Å². The Morgan fingerprint density at radius 1 is 1.00 bits per heavy atom. The van der Waals surface area contributed by atoms with Crippen molar-refractivity contribution in [3.63, 3.8) is 0 Å². The van der Waals surface area contributed by atoms with Crippen LogP contribution in [0, 0.1) is 0 Å². The fourth-order valence-electron chi connectivity index (χ4n) is 2.40. The zero-order valence-electron chi connectivity index (χ0n) is 12.7. The summed E-state index contributed by atoms with van der Waals surface area (Å²) in [6.07, 6.45) is 12.4. The summed E-state index contributed by atoms with van der Waals surface area (Å²) in [5, 5.41) is -0.629. The molecule has 0 saturated heterocycles. The topological polar surface area (TPSA) is 40.4 Å². The maximum Gasteiger partial charge on any atom is 0.311 e. The van der Waals surface area contributed by atoms with Gasteiger partial charge in [0.1, 0.15) is 10.8 Å². The molecule has 0 aromatic carbocycles. The maximum atomic E-state index is 12.9. The largest absolute Gasteiger partial charge is 0.311 e. The van der Waals surface area contributed by atoms with E-state index in [1.165, 1.54) is 4.31 Å². The Labute approximate surface area is 121 Å². The van der Waals surface area contributed by atoms with Crippen molar-refractivity contribution in [3.8, 4) is 0 Å². The van der Waals surface area contributed by atoms with Crippen LogP contribution in [0.2, 0.25) is 0 Å². The lowest BCUT2D eigenvalue weighted by atomic mass is 9.84. The van der Waals surface area contributed by atoms with Crippen molar-refractivity contribution in [2.45, 2.75) is 44.0 Å². The Kier molecular flexibility index (Phi) is 3.45. The first-order chi connectivity index (χ1) is 9.12. The van der Waals surface area contributed by atoms with Crippen LogP contribution in [-0.4, -0.2) is 47.0 Å². The molecule has 20 heavy (non-hydrogen) atoms. The molecule has 4 nitrogen and oxygen atoms in total. The molecule has 0 unspecified atom stereocenters. The summed E-state index contributed by atoms with van der Waals surface area (Å²) in [6, 6.07) is 0. The van der Waals surface area contributed by atoms with Crippen LogP contribution in [0.15, 0.2) is 36.5 Å². The summed E-state index contributed by atoms with van der Waals surface area (Å²) in [6.45, 7) is 8.04. The molecule has 0 atom stereocenters. The van der Waals surface area contributed by atoms with Gasteiger partial charge in [-0.25, -0.2) is 0 Å². The lowest BCUT2D eigenvalue weighted by Gasteiger charge is -2.35. The van der Waals surface area contributed by atoms with E-state index < -0.39 is 20.8 Å². The highest BCUT2D eigenvalue weighted by Crippen LogP contribution is 2.37. The van der Waals surface area contributed by atoms with Gasteiger partial charge in [-0.1, -0.05) is 36.5 Å². The predicted octanol–water partition coefficient (Wildman–Crippen LogP) is 1.91. The fourth-order valence-corrected chi connectivity index (χ4v) is 4.37. The van der Waals surface area contributed by atoms with Crippen LogP contribution in [0.1, 0.15) is 27.7 Å². The number of sulfonamides is 1. The molecule has 1 aliphatic heterocycles. The van der Waals surface area contributed by atoms with Crippen molar-refractivity contribution in [3.05, 3.63) is 36.5 Å². The van der Waals surface area contributed by atoms with Gasteiger partial charge in [0.15, 0.2) is 5.54 Å². The molecule has 2 aliphatic rings. The fraction of sp³-hybridized carbons (Fsp3) is 0.533. The molecule has 1 heterocycles. The summed E-state index contributed by atoms with van der Waals surface area (Å²) in [7, 11) is -1.56. The second-order valence-corrected chi connectivity index (χ2v) is 8.27. The number of hydrogen-bond acceptors (Lipinski definition) is 2. The van der Waals surface area contributed by atoms with E-state index in [1.807, 2.05) is 37.6 Å². The van der Waals surface area contributed by atoms with E-state index in [-0.39, 0.29) is 5.54 Å². The van der Waals surface area contributed by atoms with Gasteiger partial charge in [0, 0.05) is 0 Å². The number of nitrogens with zero attached hydrogens (tertiary/aromatic N) is 2. The molecule has 0 N–H and O–H groups in total. The molecule has 0 amide bonds. The van der Waals surface area contributed by atoms with E-state index in [9.17, 15) is 8.42 Å². The second kappa shape index (κ2) is 4.58. The van der Waals surface area contributed by atoms with Crippen molar-refractivity contribution < 1.29 is 13.0 Å². The van der Waals surface area contributed by atoms with Crippen molar-refractivity contribution in [2.75, 3.05) is 7.05 Å². The Morgan fingerprint density at radius 3 is 1.90 bits per heavy atom. The third-order valence-corrected chi connectivity index (χ3v) is 6.86. The molecule has 1 aliphatic carbocycles. The third kappa shape index (κ3) is 2.04. The average molecular weight is 295 g/mol. The van der Waals surface area contributed by atoms with Gasteiger partial charge in [-0.15, -0.1) is 4.31 Å². The highest BCUT2D eigenvalue weighted by atomic mass is 32.2. The van der Waals surface area contributed by atoms with Crippen molar-refractivity contribution >= 4 is 16.4 Å². The lowest BCUT2D eigenvalue weighted by Crippen LogP contribution is -2.57.